The summed E-state index contributed by atoms with van der Waals surface area (Å²) in [5.74, 6) is 2.04. The Kier molecular flexibility index (Phi) is 3.75. The van der Waals surface area contributed by atoms with E-state index < -0.39 is 0 Å². The van der Waals surface area contributed by atoms with Gasteiger partial charge in [-0.1, -0.05) is 15.9 Å². The zero-order chi connectivity index (χ0) is 10.7. The minimum absolute atomic E-state index is 0.439. The second-order valence-corrected chi connectivity index (χ2v) is 4.46. The van der Waals surface area contributed by atoms with Crippen molar-refractivity contribution in [3.05, 3.63) is 11.6 Å². The van der Waals surface area contributed by atoms with Crippen LogP contribution in [0.1, 0.15) is 30.9 Å². The number of rotatable bonds is 4. The fourth-order valence-corrected chi connectivity index (χ4v) is 2.38. The molecule has 1 saturated heterocycles. The molecule has 2 heterocycles. The van der Waals surface area contributed by atoms with E-state index in [2.05, 4.69) is 30.7 Å². The normalized spacial score (nSPS) is 21.1. The molecule has 0 aromatic carbocycles. The Morgan fingerprint density at radius 1 is 1.47 bits per heavy atom. The van der Waals surface area contributed by atoms with Crippen molar-refractivity contribution >= 4 is 15.9 Å². The molecule has 1 aliphatic heterocycles. The molecule has 1 aromatic rings. The van der Waals surface area contributed by atoms with Gasteiger partial charge in [-0.2, -0.15) is 0 Å². The van der Waals surface area contributed by atoms with E-state index in [1.165, 1.54) is 12.8 Å². The summed E-state index contributed by atoms with van der Waals surface area (Å²) in [5.41, 5.74) is 0. The molecule has 0 radical (unpaired) electrons. The van der Waals surface area contributed by atoms with Gasteiger partial charge in [0, 0.05) is 20.1 Å². The number of aryl methyl sites for hydroxylation is 1. The standard InChI is InChI=1S/C10H16BrN3O/c1-14-9(12-13-10(14)7-11)5-4-8-3-2-6-15-8/h8H,2-7H2,1H3. The molecule has 1 aromatic heterocycles. The summed E-state index contributed by atoms with van der Waals surface area (Å²) in [6, 6.07) is 0. The van der Waals surface area contributed by atoms with Gasteiger partial charge in [-0.3, -0.25) is 0 Å². The van der Waals surface area contributed by atoms with E-state index in [4.69, 9.17) is 4.74 Å². The summed E-state index contributed by atoms with van der Waals surface area (Å²) < 4.78 is 7.64. The van der Waals surface area contributed by atoms with Gasteiger partial charge in [0.05, 0.1) is 11.4 Å². The van der Waals surface area contributed by atoms with Crippen LogP contribution in [0, 0.1) is 0 Å². The van der Waals surface area contributed by atoms with Crippen LogP contribution in [0.5, 0.6) is 0 Å². The highest BCUT2D eigenvalue weighted by Gasteiger charge is 2.16. The van der Waals surface area contributed by atoms with Crippen molar-refractivity contribution in [2.24, 2.45) is 7.05 Å². The van der Waals surface area contributed by atoms with Crippen LogP contribution in [-0.2, 0) is 23.5 Å². The molecule has 0 amide bonds. The first-order valence-corrected chi connectivity index (χ1v) is 6.48. The lowest BCUT2D eigenvalue weighted by Gasteiger charge is -2.08. The van der Waals surface area contributed by atoms with Gasteiger partial charge in [0.25, 0.3) is 0 Å². The fourth-order valence-electron chi connectivity index (χ4n) is 1.89. The van der Waals surface area contributed by atoms with Crippen LogP contribution in [0.3, 0.4) is 0 Å². The topological polar surface area (TPSA) is 39.9 Å². The van der Waals surface area contributed by atoms with Gasteiger partial charge in [-0.05, 0) is 19.3 Å². The molecule has 84 valence electrons. The first-order valence-electron chi connectivity index (χ1n) is 5.36. The van der Waals surface area contributed by atoms with Crippen LogP contribution in [0.25, 0.3) is 0 Å². The number of alkyl halides is 1. The largest absolute Gasteiger partial charge is 0.378 e. The zero-order valence-corrected chi connectivity index (χ0v) is 10.5. The van der Waals surface area contributed by atoms with Gasteiger partial charge < -0.3 is 9.30 Å². The van der Waals surface area contributed by atoms with Crippen molar-refractivity contribution in [1.82, 2.24) is 14.8 Å². The number of hydrogen-bond acceptors (Lipinski definition) is 3. The third kappa shape index (κ3) is 2.58. The molecule has 1 fully saturated rings. The third-order valence-corrected chi connectivity index (χ3v) is 3.39. The average molecular weight is 274 g/mol. The van der Waals surface area contributed by atoms with Gasteiger partial charge in [0.1, 0.15) is 11.6 Å². The second kappa shape index (κ2) is 5.07. The van der Waals surface area contributed by atoms with E-state index in [9.17, 15) is 0 Å². The van der Waals surface area contributed by atoms with Crippen molar-refractivity contribution < 1.29 is 4.74 Å². The van der Waals surface area contributed by atoms with Crippen molar-refractivity contribution in [3.8, 4) is 0 Å². The fraction of sp³-hybridized carbons (Fsp3) is 0.800. The van der Waals surface area contributed by atoms with Crippen LogP contribution in [0.15, 0.2) is 0 Å². The monoisotopic (exact) mass is 273 g/mol. The maximum atomic E-state index is 5.58. The van der Waals surface area contributed by atoms with E-state index >= 15 is 0 Å². The van der Waals surface area contributed by atoms with Gasteiger partial charge in [-0.15, -0.1) is 10.2 Å². The molecular weight excluding hydrogens is 258 g/mol. The molecule has 0 bridgehead atoms. The quantitative estimate of drug-likeness (QED) is 0.786. The lowest BCUT2D eigenvalue weighted by atomic mass is 10.1. The molecule has 15 heavy (non-hydrogen) atoms. The van der Waals surface area contributed by atoms with Gasteiger partial charge >= 0.3 is 0 Å². The van der Waals surface area contributed by atoms with Crippen LogP contribution in [0.4, 0.5) is 0 Å². The maximum absolute atomic E-state index is 5.58. The first-order chi connectivity index (χ1) is 7.31. The molecule has 0 spiro atoms. The number of ether oxygens (including phenoxy) is 1. The van der Waals surface area contributed by atoms with E-state index in [0.717, 1.165) is 36.4 Å². The summed E-state index contributed by atoms with van der Waals surface area (Å²) >= 11 is 3.39. The molecule has 1 atom stereocenters. The first kappa shape index (κ1) is 11.1. The summed E-state index contributed by atoms with van der Waals surface area (Å²) in [6.07, 6.45) is 4.86. The van der Waals surface area contributed by atoms with Gasteiger partial charge in [0.2, 0.25) is 0 Å². The van der Waals surface area contributed by atoms with Gasteiger partial charge in [0.15, 0.2) is 0 Å². The minimum atomic E-state index is 0.439. The summed E-state index contributed by atoms with van der Waals surface area (Å²) in [6.45, 7) is 0.927. The third-order valence-electron chi connectivity index (χ3n) is 2.89. The highest BCUT2D eigenvalue weighted by molar-refractivity contribution is 9.08. The minimum Gasteiger partial charge on any atom is -0.378 e. The SMILES string of the molecule is Cn1c(CBr)nnc1CCC1CCCO1. The van der Waals surface area contributed by atoms with E-state index in [-0.39, 0.29) is 0 Å². The van der Waals surface area contributed by atoms with Gasteiger partial charge in [-0.25, -0.2) is 0 Å². The van der Waals surface area contributed by atoms with Crippen LogP contribution < -0.4 is 0 Å². The molecule has 2 rings (SSSR count). The molecule has 0 saturated carbocycles. The van der Waals surface area contributed by atoms with Crippen LogP contribution in [-0.4, -0.2) is 27.5 Å². The van der Waals surface area contributed by atoms with Crippen molar-refractivity contribution in [1.29, 1.82) is 0 Å². The lowest BCUT2D eigenvalue weighted by Crippen LogP contribution is -2.09. The highest BCUT2D eigenvalue weighted by atomic mass is 79.9. The molecule has 4 nitrogen and oxygen atoms in total. The van der Waals surface area contributed by atoms with E-state index in [0.29, 0.717) is 6.10 Å². The van der Waals surface area contributed by atoms with E-state index in [1.807, 2.05) is 7.05 Å². The molecular formula is C10H16BrN3O. The van der Waals surface area contributed by atoms with Crippen molar-refractivity contribution in [2.45, 2.75) is 37.1 Å². The Morgan fingerprint density at radius 2 is 2.27 bits per heavy atom. The maximum Gasteiger partial charge on any atom is 0.143 e. The Labute approximate surface area is 98.2 Å². The zero-order valence-electron chi connectivity index (χ0n) is 8.95. The second-order valence-electron chi connectivity index (χ2n) is 3.90. The average Bonchev–Trinajstić information content (AvgIpc) is 2.85. The number of nitrogens with zero attached hydrogens (tertiary/aromatic N) is 3. The molecule has 5 heteroatoms. The summed E-state index contributed by atoms with van der Waals surface area (Å²) in [4.78, 5) is 0. The number of aromatic nitrogens is 3. The Morgan fingerprint density at radius 3 is 2.87 bits per heavy atom. The molecule has 1 aliphatic rings. The van der Waals surface area contributed by atoms with Crippen LogP contribution in [0.2, 0.25) is 0 Å². The number of hydrogen-bond donors (Lipinski definition) is 0. The summed E-state index contributed by atoms with van der Waals surface area (Å²) in [7, 11) is 2.02. The smallest absolute Gasteiger partial charge is 0.143 e. The Balaban J connectivity index is 1.89. The van der Waals surface area contributed by atoms with Crippen molar-refractivity contribution in [3.63, 3.8) is 0 Å². The Bertz CT molecular complexity index is 320. The molecule has 0 N–H and O–H groups in total. The summed E-state index contributed by atoms with van der Waals surface area (Å²) in [5, 5.41) is 9.04. The predicted octanol–water partition coefficient (Wildman–Crippen LogP) is 1.82. The predicted molar refractivity (Wildman–Crippen MR) is 60.9 cm³/mol. The molecule has 1 unspecified atom stereocenters. The molecule has 0 aliphatic carbocycles. The van der Waals surface area contributed by atoms with Crippen molar-refractivity contribution in [2.75, 3.05) is 6.61 Å². The van der Waals surface area contributed by atoms with Crippen LogP contribution >= 0.6 is 15.9 Å². The lowest BCUT2D eigenvalue weighted by molar-refractivity contribution is 0.104. The highest BCUT2D eigenvalue weighted by Crippen LogP contribution is 2.17. The number of halogens is 1. The van der Waals surface area contributed by atoms with E-state index in [1.54, 1.807) is 0 Å². The Hall–Kier alpha value is -0.420.